The Morgan fingerprint density at radius 1 is 1.00 bits per heavy atom. The molecule has 0 radical (unpaired) electrons. The van der Waals surface area contributed by atoms with Crippen molar-refractivity contribution in [1.82, 2.24) is 14.8 Å². The van der Waals surface area contributed by atoms with Gasteiger partial charge in [-0.2, -0.15) is 0 Å². The predicted molar refractivity (Wildman–Crippen MR) is 134 cm³/mol. The molecule has 0 aliphatic carbocycles. The lowest BCUT2D eigenvalue weighted by Gasteiger charge is -2.09. The Bertz CT molecular complexity index is 1220. The number of rotatable bonds is 10. The summed E-state index contributed by atoms with van der Waals surface area (Å²) >= 11 is 1.42. The van der Waals surface area contributed by atoms with Crippen molar-refractivity contribution in [3.05, 3.63) is 78.1 Å². The number of amides is 1. The molecule has 170 valence electrons. The predicted octanol–water partition coefficient (Wildman–Crippen LogP) is 5.37. The SMILES string of the molecule is CCn1c(CCCc2ccc(OC)cc2)nnc1SCC(=O)Nc1ccc2ccccc2c1. The highest BCUT2D eigenvalue weighted by molar-refractivity contribution is 7.99. The number of anilines is 1. The average molecular weight is 461 g/mol. The van der Waals surface area contributed by atoms with Crippen molar-refractivity contribution in [1.29, 1.82) is 0 Å². The van der Waals surface area contributed by atoms with Crippen molar-refractivity contribution in [2.45, 2.75) is 37.9 Å². The van der Waals surface area contributed by atoms with Gasteiger partial charge in [-0.1, -0.05) is 54.2 Å². The summed E-state index contributed by atoms with van der Waals surface area (Å²) in [5.41, 5.74) is 2.08. The van der Waals surface area contributed by atoms with Gasteiger partial charge in [0.1, 0.15) is 11.6 Å². The van der Waals surface area contributed by atoms with Gasteiger partial charge in [-0.05, 0) is 60.4 Å². The highest BCUT2D eigenvalue weighted by atomic mass is 32.2. The van der Waals surface area contributed by atoms with Crippen LogP contribution in [0.1, 0.15) is 24.7 Å². The summed E-state index contributed by atoms with van der Waals surface area (Å²) in [7, 11) is 1.68. The molecule has 4 aromatic rings. The average Bonchev–Trinajstić information content (AvgIpc) is 3.24. The first-order chi connectivity index (χ1) is 16.2. The molecule has 1 aromatic heterocycles. The third-order valence-corrected chi connectivity index (χ3v) is 6.47. The number of ether oxygens (including phenoxy) is 1. The van der Waals surface area contributed by atoms with Crippen molar-refractivity contribution in [3.63, 3.8) is 0 Å². The number of hydrogen-bond acceptors (Lipinski definition) is 5. The second-order valence-electron chi connectivity index (χ2n) is 7.74. The molecule has 0 saturated carbocycles. The van der Waals surface area contributed by atoms with Gasteiger partial charge in [0.25, 0.3) is 0 Å². The van der Waals surface area contributed by atoms with Crippen molar-refractivity contribution < 1.29 is 9.53 Å². The van der Waals surface area contributed by atoms with Gasteiger partial charge in [0.05, 0.1) is 12.9 Å². The molecule has 6 nitrogen and oxygen atoms in total. The molecule has 0 bridgehead atoms. The summed E-state index contributed by atoms with van der Waals surface area (Å²) in [6.07, 6.45) is 2.80. The Morgan fingerprint density at radius 2 is 1.79 bits per heavy atom. The lowest BCUT2D eigenvalue weighted by atomic mass is 10.1. The van der Waals surface area contributed by atoms with E-state index in [2.05, 4.69) is 45.2 Å². The molecular formula is C26H28N4O2S. The first kappa shape index (κ1) is 22.9. The minimum Gasteiger partial charge on any atom is -0.497 e. The second kappa shape index (κ2) is 11.0. The van der Waals surface area contributed by atoms with E-state index in [1.165, 1.54) is 17.3 Å². The van der Waals surface area contributed by atoms with Crippen molar-refractivity contribution >= 4 is 34.1 Å². The monoisotopic (exact) mass is 460 g/mol. The van der Waals surface area contributed by atoms with E-state index >= 15 is 0 Å². The number of nitrogens with one attached hydrogen (secondary N) is 1. The van der Waals surface area contributed by atoms with Crippen LogP contribution in [0.2, 0.25) is 0 Å². The molecule has 4 rings (SSSR count). The molecule has 0 unspecified atom stereocenters. The smallest absolute Gasteiger partial charge is 0.234 e. The van der Waals surface area contributed by atoms with E-state index in [1.807, 2.05) is 48.5 Å². The zero-order chi connectivity index (χ0) is 23.0. The number of thioether (sulfide) groups is 1. The van der Waals surface area contributed by atoms with Gasteiger partial charge >= 0.3 is 0 Å². The van der Waals surface area contributed by atoms with E-state index < -0.39 is 0 Å². The molecule has 0 aliphatic heterocycles. The van der Waals surface area contributed by atoms with E-state index in [0.717, 1.165) is 59.0 Å². The Hall–Kier alpha value is -3.32. The lowest BCUT2D eigenvalue weighted by molar-refractivity contribution is -0.113. The first-order valence-corrected chi connectivity index (χ1v) is 12.1. The molecule has 1 N–H and O–H groups in total. The largest absolute Gasteiger partial charge is 0.497 e. The van der Waals surface area contributed by atoms with Crippen LogP contribution in [0.4, 0.5) is 5.69 Å². The number of carbonyl (C=O) groups excluding carboxylic acids is 1. The number of hydrogen-bond donors (Lipinski definition) is 1. The zero-order valence-corrected chi connectivity index (χ0v) is 19.8. The minimum atomic E-state index is -0.0537. The Labute approximate surface area is 198 Å². The molecule has 0 saturated heterocycles. The standard InChI is InChI=1S/C26H28N4O2S/c1-3-30-24(10-6-7-19-11-15-23(32-2)16-12-19)28-29-26(30)33-18-25(31)27-22-14-13-20-8-4-5-9-21(20)17-22/h4-5,8-9,11-17H,3,6-7,10,18H2,1-2H3,(H,27,31). The third-order valence-electron chi connectivity index (χ3n) is 5.50. The fraction of sp³-hybridized carbons (Fsp3) is 0.269. The number of carbonyl (C=O) groups is 1. The number of fused-ring (bicyclic) bond motifs is 1. The van der Waals surface area contributed by atoms with Crippen LogP contribution in [0, 0.1) is 0 Å². The van der Waals surface area contributed by atoms with Gasteiger partial charge < -0.3 is 14.6 Å². The van der Waals surface area contributed by atoms with E-state index in [-0.39, 0.29) is 11.7 Å². The Kier molecular flexibility index (Phi) is 7.62. The van der Waals surface area contributed by atoms with Gasteiger partial charge in [0, 0.05) is 18.7 Å². The summed E-state index contributed by atoms with van der Waals surface area (Å²) in [5.74, 6) is 2.07. The Balaban J connectivity index is 1.30. The van der Waals surface area contributed by atoms with E-state index in [9.17, 15) is 4.79 Å². The van der Waals surface area contributed by atoms with Gasteiger partial charge in [0.15, 0.2) is 5.16 Å². The van der Waals surface area contributed by atoms with Crippen LogP contribution in [-0.4, -0.2) is 33.5 Å². The topological polar surface area (TPSA) is 69.0 Å². The molecule has 33 heavy (non-hydrogen) atoms. The maximum absolute atomic E-state index is 12.5. The maximum Gasteiger partial charge on any atom is 0.234 e. The number of nitrogens with zero attached hydrogens (tertiary/aromatic N) is 3. The lowest BCUT2D eigenvalue weighted by Crippen LogP contribution is -2.14. The van der Waals surface area contributed by atoms with Crippen molar-refractivity contribution in [3.8, 4) is 5.75 Å². The molecule has 0 fully saturated rings. The van der Waals surface area contributed by atoms with Crippen LogP contribution in [0.3, 0.4) is 0 Å². The van der Waals surface area contributed by atoms with Crippen LogP contribution in [0.5, 0.6) is 5.75 Å². The highest BCUT2D eigenvalue weighted by Gasteiger charge is 2.13. The van der Waals surface area contributed by atoms with Gasteiger partial charge in [-0.15, -0.1) is 10.2 Å². The number of methoxy groups -OCH3 is 1. The number of benzene rings is 3. The zero-order valence-electron chi connectivity index (χ0n) is 19.0. The van der Waals surface area contributed by atoms with Crippen LogP contribution >= 0.6 is 11.8 Å². The summed E-state index contributed by atoms with van der Waals surface area (Å²) < 4.78 is 7.31. The van der Waals surface area contributed by atoms with Crippen molar-refractivity contribution in [2.75, 3.05) is 18.2 Å². The fourth-order valence-corrected chi connectivity index (χ4v) is 4.59. The summed E-state index contributed by atoms with van der Waals surface area (Å²) in [6.45, 7) is 2.86. The normalized spacial score (nSPS) is 11.0. The molecule has 1 amide bonds. The summed E-state index contributed by atoms with van der Waals surface area (Å²) in [5, 5.41) is 14.7. The van der Waals surface area contributed by atoms with Crippen LogP contribution in [0.25, 0.3) is 10.8 Å². The van der Waals surface area contributed by atoms with Crippen LogP contribution in [-0.2, 0) is 24.2 Å². The van der Waals surface area contributed by atoms with Crippen LogP contribution < -0.4 is 10.1 Å². The first-order valence-electron chi connectivity index (χ1n) is 11.1. The molecule has 1 heterocycles. The van der Waals surface area contributed by atoms with Gasteiger partial charge in [-0.25, -0.2) is 0 Å². The summed E-state index contributed by atoms with van der Waals surface area (Å²) in [4.78, 5) is 12.5. The molecule has 3 aromatic carbocycles. The fourth-order valence-electron chi connectivity index (χ4n) is 3.77. The Morgan fingerprint density at radius 3 is 2.55 bits per heavy atom. The van der Waals surface area contributed by atoms with E-state index in [1.54, 1.807) is 7.11 Å². The van der Waals surface area contributed by atoms with Gasteiger partial charge in [-0.3, -0.25) is 4.79 Å². The van der Waals surface area contributed by atoms with Crippen molar-refractivity contribution in [2.24, 2.45) is 0 Å². The molecule has 0 spiro atoms. The second-order valence-corrected chi connectivity index (χ2v) is 8.69. The quantitative estimate of drug-likeness (QED) is 0.322. The highest BCUT2D eigenvalue weighted by Crippen LogP contribution is 2.21. The molecular weight excluding hydrogens is 432 g/mol. The molecule has 0 aliphatic rings. The molecule has 0 atom stereocenters. The van der Waals surface area contributed by atoms with Gasteiger partial charge in [0.2, 0.25) is 5.91 Å². The maximum atomic E-state index is 12.5. The number of aromatic nitrogens is 3. The number of aryl methyl sites for hydroxylation is 2. The minimum absolute atomic E-state index is 0.0537. The van der Waals surface area contributed by atoms with Crippen LogP contribution in [0.15, 0.2) is 71.9 Å². The van der Waals surface area contributed by atoms with E-state index in [0.29, 0.717) is 0 Å². The molecule has 7 heteroatoms. The summed E-state index contributed by atoms with van der Waals surface area (Å²) in [6, 6.07) is 22.2. The van der Waals surface area contributed by atoms with E-state index in [4.69, 9.17) is 4.74 Å². The third kappa shape index (κ3) is 5.93.